The molecule has 2 N–H and O–H groups in total. The molecule has 1 aromatic heterocycles. The Kier molecular flexibility index (Phi) is 8.93. The number of para-hydroxylation sites is 1. The summed E-state index contributed by atoms with van der Waals surface area (Å²) in [6.45, 7) is 11.2. The van der Waals surface area contributed by atoms with E-state index in [4.69, 9.17) is 9.26 Å². The van der Waals surface area contributed by atoms with E-state index in [2.05, 4.69) is 15.8 Å². The first kappa shape index (κ1) is 28.4. The van der Waals surface area contributed by atoms with Crippen molar-refractivity contribution >= 4 is 29.2 Å². The van der Waals surface area contributed by atoms with Crippen LogP contribution in [0.1, 0.15) is 62.1 Å². The molecule has 0 bridgehead atoms. The molecule has 9 nitrogen and oxygen atoms in total. The van der Waals surface area contributed by atoms with E-state index in [1.54, 1.807) is 44.4 Å². The maximum Gasteiger partial charge on any atom is 0.248 e. The van der Waals surface area contributed by atoms with E-state index in [-0.39, 0.29) is 36.4 Å². The minimum Gasteiger partial charge on any atom is -0.497 e. The molecular formula is C29H36N4O5. The summed E-state index contributed by atoms with van der Waals surface area (Å²) >= 11 is 0. The predicted octanol–water partition coefficient (Wildman–Crippen LogP) is 5.02. The molecule has 0 saturated carbocycles. The van der Waals surface area contributed by atoms with Crippen LogP contribution in [0.5, 0.6) is 5.75 Å². The van der Waals surface area contributed by atoms with Gasteiger partial charge in [-0.2, -0.15) is 0 Å². The molecule has 0 spiro atoms. The fourth-order valence-corrected chi connectivity index (χ4v) is 4.20. The predicted molar refractivity (Wildman–Crippen MR) is 146 cm³/mol. The molecule has 0 radical (unpaired) electrons. The summed E-state index contributed by atoms with van der Waals surface area (Å²) < 4.78 is 10.3. The third-order valence-electron chi connectivity index (χ3n) is 5.85. The van der Waals surface area contributed by atoms with Crippen LogP contribution in [0.2, 0.25) is 0 Å². The summed E-state index contributed by atoms with van der Waals surface area (Å²) in [4.78, 5) is 41.8. The third-order valence-corrected chi connectivity index (χ3v) is 5.85. The van der Waals surface area contributed by atoms with Crippen LogP contribution in [-0.4, -0.2) is 35.5 Å². The molecule has 0 saturated heterocycles. The first-order chi connectivity index (χ1) is 17.9. The molecule has 3 aromatic rings. The number of carbonyl (C=O) groups excluding carboxylic acids is 3. The molecule has 3 amide bonds. The SMILES string of the molecule is COc1ccc([C@@H](C(=O)NC(C)(C)C)N(C(=O)CCC(=O)Nc2cc(C)on2)c2c(C)cccc2C)cc1. The largest absolute Gasteiger partial charge is 0.497 e. The van der Waals surface area contributed by atoms with Crippen molar-refractivity contribution in [1.82, 2.24) is 10.5 Å². The van der Waals surface area contributed by atoms with Gasteiger partial charge in [-0.15, -0.1) is 0 Å². The highest BCUT2D eigenvalue weighted by molar-refractivity contribution is 6.04. The van der Waals surface area contributed by atoms with E-state index >= 15 is 0 Å². The average molecular weight is 521 g/mol. The Balaban J connectivity index is 2.02. The number of benzene rings is 2. The molecule has 9 heteroatoms. The van der Waals surface area contributed by atoms with Crippen molar-refractivity contribution in [3.05, 3.63) is 71.0 Å². The van der Waals surface area contributed by atoms with Crippen LogP contribution in [0.3, 0.4) is 0 Å². The van der Waals surface area contributed by atoms with Crippen LogP contribution in [0.4, 0.5) is 11.5 Å². The van der Waals surface area contributed by atoms with Gasteiger partial charge < -0.3 is 19.9 Å². The Morgan fingerprint density at radius 3 is 2.16 bits per heavy atom. The van der Waals surface area contributed by atoms with Gasteiger partial charge in [0.1, 0.15) is 17.6 Å². The van der Waals surface area contributed by atoms with Gasteiger partial charge in [0.25, 0.3) is 0 Å². The molecule has 38 heavy (non-hydrogen) atoms. The molecule has 0 aliphatic carbocycles. The number of amides is 3. The lowest BCUT2D eigenvalue weighted by Gasteiger charge is -2.35. The summed E-state index contributed by atoms with van der Waals surface area (Å²) in [5.74, 6) is 0.402. The molecule has 1 atom stereocenters. The van der Waals surface area contributed by atoms with Crippen molar-refractivity contribution in [2.75, 3.05) is 17.3 Å². The number of nitrogens with zero attached hydrogens (tertiary/aromatic N) is 2. The summed E-state index contributed by atoms with van der Waals surface area (Å²) in [7, 11) is 1.57. The van der Waals surface area contributed by atoms with Crippen molar-refractivity contribution in [1.29, 1.82) is 0 Å². The van der Waals surface area contributed by atoms with Gasteiger partial charge in [-0.3, -0.25) is 19.3 Å². The van der Waals surface area contributed by atoms with Crippen molar-refractivity contribution in [2.24, 2.45) is 0 Å². The smallest absolute Gasteiger partial charge is 0.248 e. The summed E-state index contributed by atoms with van der Waals surface area (Å²) in [6.07, 6.45) is -0.214. The van der Waals surface area contributed by atoms with Crippen molar-refractivity contribution < 1.29 is 23.6 Å². The zero-order valence-electron chi connectivity index (χ0n) is 23.0. The highest BCUT2D eigenvalue weighted by atomic mass is 16.5. The van der Waals surface area contributed by atoms with Gasteiger partial charge in [0.05, 0.1) is 12.8 Å². The lowest BCUT2D eigenvalue weighted by molar-refractivity contribution is -0.128. The molecule has 1 heterocycles. The molecule has 2 aromatic carbocycles. The van der Waals surface area contributed by atoms with Crippen LogP contribution in [0.15, 0.2) is 53.1 Å². The summed E-state index contributed by atoms with van der Waals surface area (Å²) in [5.41, 5.74) is 2.39. The van der Waals surface area contributed by atoms with Crippen molar-refractivity contribution in [2.45, 2.75) is 66.0 Å². The van der Waals surface area contributed by atoms with Crippen LogP contribution in [0, 0.1) is 20.8 Å². The number of hydrogen-bond donors (Lipinski definition) is 2. The summed E-state index contributed by atoms with van der Waals surface area (Å²) in [5, 5.41) is 9.43. The second kappa shape index (κ2) is 11.9. The number of aryl methyl sites for hydroxylation is 3. The fourth-order valence-electron chi connectivity index (χ4n) is 4.20. The number of anilines is 2. The Morgan fingerprint density at radius 1 is 1.00 bits per heavy atom. The highest BCUT2D eigenvalue weighted by Gasteiger charge is 2.35. The second-order valence-corrected chi connectivity index (χ2v) is 10.3. The molecule has 3 rings (SSSR count). The number of ether oxygens (including phenoxy) is 1. The normalized spacial score (nSPS) is 12.0. The monoisotopic (exact) mass is 520 g/mol. The first-order valence-electron chi connectivity index (χ1n) is 12.5. The Bertz CT molecular complexity index is 1270. The van der Waals surface area contributed by atoms with Crippen LogP contribution < -0.4 is 20.3 Å². The highest BCUT2D eigenvalue weighted by Crippen LogP contribution is 2.35. The average Bonchev–Trinajstić information content (AvgIpc) is 3.25. The number of nitrogens with one attached hydrogen (secondary N) is 2. The lowest BCUT2D eigenvalue weighted by Crippen LogP contribution is -2.50. The van der Waals surface area contributed by atoms with E-state index in [0.29, 0.717) is 22.8 Å². The topological polar surface area (TPSA) is 114 Å². The standard InChI is InChI=1S/C29H36N4O5/c1-18-9-8-10-19(2)26(18)33(25(35)16-15-24(34)30-23-17-20(3)38-32-23)27(28(36)31-29(4,5)6)21-11-13-22(37-7)14-12-21/h8-14,17,27H,15-16H2,1-7H3,(H,31,36)(H,30,32,34)/t27-/m0/s1. The van der Waals surface area contributed by atoms with Crippen molar-refractivity contribution in [3.8, 4) is 5.75 Å². The Hall–Kier alpha value is -4.14. The first-order valence-corrected chi connectivity index (χ1v) is 12.5. The van der Waals surface area contributed by atoms with Gasteiger partial charge in [0.15, 0.2) is 5.82 Å². The van der Waals surface area contributed by atoms with Gasteiger partial charge in [0.2, 0.25) is 17.7 Å². The van der Waals surface area contributed by atoms with Crippen LogP contribution >= 0.6 is 0 Å². The number of methoxy groups -OCH3 is 1. The molecule has 0 fully saturated rings. The van der Waals surface area contributed by atoms with Gasteiger partial charge in [-0.25, -0.2) is 0 Å². The van der Waals surface area contributed by atoms with Gasteiger partial charge >= 0.3 is 0 Å². The maximum atomic E-state index is 13.9. The number of rotatable bonds is 9. The van der Waals surface area contributed by atoms with E-state index in [9.17, 15) is 14.4 Å². The summed E-state index contributed by atoms with van der Waals surface area (Å²) in [6, 6.07) is 13.4. The van der Waals surface area contributed by atoms with Gasteiger partial charge in [-0.1, -0.05) is 35.5 Å². The van der Waals surface area contributed by atoms with Crippen LogP contribution in [-0.2, 0) is 14.4 Å². The minimum absolute atomic E-state index is 0.0948. The number of carbonyl (C=O) groups is 3. The number of hydrogen-bond acceptors (Lipinski definition) is 6. The molecule has 0 unspecified atom stereocenters. The van der Waals surface area contributed by atoms with Gasteiger partial charge in [-0.05, 0) is 70.4 Å². The minimum atomic E-state index is -0.978. The van der Waals surface area contributed by atoms with E-state index < -0.39 is 11.6 Å². The third kappa shape index (κ3) is 7.21. The Morgan fingerprint density at radius 2 is 1.63 bits per heavy atom. The quantitative estimate of drug-likeness (QED) is 0.410. The Labute approximate surface area is 223 Å². The fraction of sp³-hybridized carbons (Fsp3) is 0.379. The van der Waals surface area contributed by atoms with Crippen LogP contribution in [0.25, 0.3) is 0 Å². The molecule has 0 aliphatic rings. The molecule has 0 aliphatic heterocycles. The molecular weight excluding hydrogens is 484 g/mol. The van der Waals surface area contributed by atoms with E-state index in [1.807, 2.05) is 52.8 Å². The zero-order valence-corrected chi connectivity index (χ0v) is 23.0. The zero-order chi connectivity index (χ0) is 28.0. The lowest BCUT2D eigenvalue weighted by atomic mass is 9.98. The molecule has 202 valence electrons. The second-order valence-electron chi connectivity index (χ2n) is 10.3. The van der Waals surface area contributed by atoms with E-state index in [0.717, 1.165) is 11.1 Å². The number of aromatic nitrogens is 1. The van der Waals surface area contributed by atoms with Crippen molar-refractivity contribution in [3.63, 3.8) is 0 Å². The van der Waals surface area contributed by atoms with E-state index in [1.165, 1.54) is 4.90 Å². The van der Waals surface area contributed by atoms with Gasteiger partial charge in [0, 0.05) is 24.4 Å². The maximum absolute atomic E-state index is 13.9.